The maximum absolute atomic E-state index is 5.33. The average Bonchev–Trinajstić information content (AvgIpc) is 2.17. The molecule has 1 aromatic rings. The van der Waals surface area contributed by atoms with E-state index in [1.54, 1.807) is 7.11 Å². The molecule has 2 heteroatoms. The normalized spacial score (nSPS) is 16.5. The Labute approximate surface area is 85.5 Å². The molecule has 0 unspecified atom stereocenters. The summed E-state index contributed by atoms with van der Waals surface area (Å²) in [5, 5.41) is 0. The van der Waals surface area contributed by atoms with Crippen molar-refractivity contribution in [2.75, 3.05) is 20.7 Å². The lowest BCUT2D eigenvalue weighted by molar-refractivity contribution is 0.311. The fourth-order valence-electron chi connectivity index (χ4n) is 2.07. The molecule has 1 aromatic carbocycles. The highest BCUT2D eigenvalue weighted by molar-refractivity contribution is 5.43. The summed E-state index contributed by atoms with van der Waals surface area (Å²) in [5.74, 6) is 1.01. The van der Waals surface area contributed by atoms with Crippen molar-refractivity contribution < 1.29 is 4.74 Å². The summed E-state index contributed by atoms with van der Waals surface area (Å²) in [6, 6.07) is 4.45. The minimum Gasteiger partial charge on any atom is -0.496 e. The number of fused-ring (bicyclic) bond motifs is 1. The van der Waals surface area contributed by atoms with Crippen LogP contribution in [0.1, 0.15) is 16.7 Å². The summed E-state index contributed by atoms with van der Waals surface area (Å²) in [4.78, 5) is 2.34. The Kier molecular flexibility index (Phi) is 2.46. The van der Waals surface area contributed by atoms with Gasteiger partial charge in [-0.3, -0.25) is 0 Å². The van der Waals surface area contributed by atoms with Gasteiger partial charge in [0.25, 0.3) is 0 Å². The fourth-order valence-corrected chi connectivity index (χ4v) is 2.07. The second kappa shape index (κ2) is 3.62. The smallest absolute Gasteiger partial charge is 0.122 e. The maximum atomic E-state index is 5.33. The molecule has 0 fully saturated rings. The van der Waals surface area contributed by atoms with Gasteiger partial charge in [-0.05, 0) is 43.1 Å². The molecule has 1 aliphatic rings. The van der Waals surface area contributed by atoms with Crippen molar-refractivity contribution in [1.29, 1.82) is 0 Å². The van der Waals surface area contributed by atoms with E-state index < -0.39 is 0 Å². The summed E-state index contributed by atoms with van der Waals surface area (Å²) < 4.78 is 5.33. The van der Waals surface area contributed by atoms with Gasteiger partial charge in [-0.2, -0.15) is 0 Å². The van der Waals surface area contributed by atoms with E-state index in [9.17, 15) is 0 Å². The zero-order chi connectivity index (χ0) is 10.1. The van der Waals surface area contributed by atoms with Crippen LogP contribution >= 0.6 is 0 Å². The van der Waals surface area contributed by atoms with Gasteiger partial charge in [0.2, 0.25) is 0 Å². The molecular weight excluding hydrogens is 174 g/mol. The van der Waals surface area contributed by atoms with Gasteiger partial charge in [0.05, 0.1) is 7.11 Å². The van der Waals surface area contributed by atoms with Gasteiger partial charge in [-0.25, -0.2) is 0 Å². The van der Waals surface area contributed by atoms with E-state index in [1.807, 2.05) is 0 Å². The number of rotatable bonds is 1. The average molecular weight is 191 g/mol. The van der Waals surface area contributed by atoms with Crippen molar-refractivity contribution in [3.05, 3.63) is 28.8 Å². The van der Waals surface area contributed by atoms with Crippen LogP contribution in [0.4, 0.5) is 0 Å². The molecule has 2 nitrogen and oxygen atoms in total. The maximum Gasteiger partial charge on any atom is 0.122 e. The van der Waals surface area contributed by atoms with Crippen molar-refractivity contribution in [1.82, 2.24) is 4.90 Å². The van der Waals surface area contributed by atoms with Crippen molar-refractivity contribution in [3.8, 4) is 5.75 Å². The number of aryl methyl sites for hydroxylation is 1. The molecule has 0 atom stereocenters. The molecule has 14 heavy (non-hydrogen) atoms. The van der Waals surface area contributed by atoms with E-state index in [-0.39, 0.29) is 0 Å². The summed E-state index contributed by atoms with van der Waals surface area (Å²) in [6.07, 6.45) is 1.16. The Bertz CT molecular complexity index is 346. The number of hydrogen-bond acceptors (Lipinski definition) is 2. The SMILES string of the molecule is COc1cc2c(cc1C)CCN(C)C2. The highest BCUT2D eigenvalue weighted by Crippen LogP contribution is 2.26. The van der Waals surface area contributed by atoms with E-state index in [1.165, 1.54) is 23.2 Å². The molecule has 0 saturated carbocycles. The van der Waals surface area contributed by atoms with Gasteiger partial charge < -0.3 is 9.64 Å². The molecule has 76 valence electrons. The lowest BCUT2D eigenvalue weighted by Crippen LogP contribution is -2.26. The summed E-state index contributed by atoms with van der Waals surface area (Å²) >= 11 is 0. The Morgan fingerprint density at radius 1 is 1.29 bits per heavy atom. The highest BCUT2D eigenvalue weighted by Gasteiger charge is 2.14. The zero-order valence-corrected chi connectivity index (χ0v) is 9.13. The van der Waals surface area contributed by atoms with Crippen LogP contribution in [0.2, 0.25) is 0 Å². The topological polar surface area (TPSA) is 12.5 Å². The number of methoxy groups -OCH3 is 1. The second-order valence-corrected chi connectivity index (χ2v) is 4.08. The number of ether oxygens (including phenoxy) is 1. The van der Waals surface area contributed by atoms with Gasteiger partial charge in [-0.15, -0.1) is 0 Å². The quantitative estimate of drug-likeness (QED) is 0.673. The van der Waals surface area contributed by atoms with E-state index in [0.29, 0.717) is 0 Å². The Morgan fingerprint density at radius 2 is 2.07 bits per heavy atom. The third kappa shape index (κ3) is 1.62. The van der Waals surface area contributed by atoms with Crippen molar-refractivity contribution >= 4 is 0 Å². The van der Waals surface area contributed by atoms with E-state index >= 15 is 0 Å². The lowest BCUT2D eigenvalue weighted by atomic mass is 9.97. The van der Waals surface area contributed by atoms with Crippen LogP contribution in [-0.4, -0.2) is 25.6 Å². The molecule has 0 saturated heterocycles. The van der Waals surface area contributed by atoms with Crippen LogP contribution in [0.15, 0.2) is 12.1 Å². The van der Waals surface area contributed by atoms with Crippen molar-refractivity contribution in [3.63, 3.8) is 0 Å². The molecule has 0 amide bonds. The van der Waals surface area contributed by atoms with Crippen molar-refractivity contribution in [2.24, 2.45) is 0 Å². The Balaban J connectivity index is 2.41. The predicted octanol–water partition coefficient (Wildman–Crippen LogP) is 1.99. The molecule has 0 bridgehead atoms. The minimum atomic E-state index is 1.01. The summed E-state index contributed by atoms with van der Waals surface area (Å²) in [7, 11) is 3.90. The molecule has 0 aliphatic carbocycles. The summed E-state index contributed by atoms with van der Waals surface area (Å²) in [5.41, 5.74) is 4.15. The Morgan fingerprint density at radius 3 is 2.79 bits per heavy atom. The van der Waals surface area contributed by atoms with Crippen LogP contribution in [-0.2, 0) is 13.0 Å². The standard InChI is InChI=1S/C12H17NO/c1-9-6-10-4-5-13(2)8-11(10)7-12(9)14-3/h6-7H,4-5,8H2,1-3H3. The van der Waals surface area contributed by atoms with Gasteiger partial charge in [-0.1, -0.05) is 6.07 Å². The van der Waals surface area contributed by atoms with E-state index in [0.717, 1.165) is 18.7 Å². The molecule has 1 heterocycles. The molecule has 1 aliphatic heterocycles. The van der Waals surface area contributed by atoms with Gasteiger partial charge in [0.1, 0.15) is 5.75 Å². The van der Waals surface area contributed by atoms with Crippen molar-refractivity contribution in [2.45, 2.75) is 19.9 Å². The molecule has 2 rings (SSSR count). The first-order valence-electron chi connectivity index (χ1n) is 5.05. The van der Waals surface area contributed by atoms with E-state index in [2.05, 4.69) is 31.0 Å². The molecule has 0 N–H and O–H groups in total. The molecule has 0 spiro atoms. The minimum absolute atomic E-state index is 1.01. The fraction of sp³-hybridized carbons (Fsp3) is 0.500. The van der Waals surface area contributed by atoms with Crippen LogP contribution in [0, 0.1) is 6.92 Å². The van der Waals surface area contributed by atoms with Crippen LogP contribution in [0.25, 0.3) is 0 Å². The van der Waals surface area contributed by atoms with Gasteiger partial charge in [0.15, 0.2) is 0 Å². The largest absolute Gasteiger partial charge is 0.496 e. The number of benzene rings is 1. The van der Waals surface area contributed by atoms with E-state index in [4.69, 9.17) is 4.74 Å². The van der Waals surface area contributed by atoms with Crippen LogP contribution in [0.3, 0.4) is 0 Å². The molecule has 0 aromatic heterocycles. The first kappa shape index (κ1) is 9.53. The van der Waals surface area contributed by atoms with Gasteiger partial charge in [0, 0.05) is 13.1 Å². The highest BCUT2D eigenvalue weighted by atomic mass is 16.5. The molecule has 0 radical (unpaired) electrons. The second-order valence-electron chi connectivity index (χ2n) is 4.08. The first-order chi connectivity index (χ1) is 6.70. The van der Waals surface area contributed by atoms with Crippen LogP contribution in [0.5, 0.6) is 5.75 Å². The monoisotopic (exact) mass is 191 g/mol. The third-order valence-electron chi connectivity index (χ3n) is 2.92. The first-order valence-corrected chi connectivity index (χ1v) is 5.05. The van der Waals surface area contributed by atoms with Crippen LogP contribution < -0.4 is 4.74 Å². The van der Waals surface area contributed by atoms with Gasteiger partial charge >= 0.3 is 0 Å². The number of likely N-dealkylation sites (N-methyl/N-ethyl adjacent to an activating group) is 1. The predicted molar refractivity (Wildman–Crippen MR) is 57.8 cm³/mol. The Hall–Kier alpha value is -1.02. The lowest BCUT2D eigenvalue weighted by Gasteiger charge is -2.25. The number of nitrogens with zero attached hydrogens (tertiary/aromatic N) is 1. The zero-order valence-electron chi connectivity index (χ0n) is 9.13. The summed E-state index contributed by atoms with van der Waals surface area (Å²) in [6.45, 7) is 4.32. The third-order valence-corrected chi connectivity index (χ3v) is 2.92. The number of hydrogen-bond donors (Lipinski definition) is 0. The molecular formula is C12H17NO.